The summed E-state index contributed by atoms with van der Waals surface area (Å²) in [6.45, 7) is 6.35. The maximum Gasteiger partial charge on any atom is 0.274 e. The molecule has 2 aromatic rings. The quantitative estimate of drug-likeness (QED) is 0.848. The van der Waals surface area contributed by atoms with Crippen LogP contribution in [0.5, 0.6) is 0 Å². The third-order valence-corrected chi connectivity index (χ3v) is 7.26. The highest BCUT2D eigenvalue weighted by Crippen LogP contribution is 2.33. The van der Waals surface area contributed by atoms with Crippen molar-refractivity contribution in [2.45, 2.75) is 57.2 Å². The molecular weight excluding hydrogens is 376 g/mol. The lowest BCUT2D eigenvalue weighted by molar-refractivity contribution is 0.0625. The maximum atomic E-state index is 13.2. The summed E-state index contributed by atoms with van der Waals surface area (Å²) in [5, 5.41) is 3.78. The van der Waals surface area contributed by atoms with Crippen molar-refractivity contribution in [2.24, 2.45) is 5.92 Å². The van der Waals surface area contributed by atoms with Crippen molar-refractivity contribution < 1.29 is 9.53 Å². The summed E-state index contributed by atoms with van der Waals surface area (Å²) < 4.78 is 7.58. The highest BCUT2D eigenvalue weighted by Gasteiger charge is 2.39. The van der Waals surface area contributed by atoms with E-state index in [1.165, 1.54) is 11.1 Å². The van der Waals surface area contributed by atoms with Crippen LogP contribution in [0.2, 0.25) is 0 Å². The first kappa shape index (κ1) is 19.8. The Labute approximate surface area is 178 Å². The Hall–Kier alpha value is -2.18. The molecule has 3 aliphatic heterocycles. The lowest BCUT2D eigenvalue weighted by Gasteiger charge is -2.45. The SMILES string of the molecule is COCC1CC(C)Cn2cc(C(=O)N3CCC4(CC3)Cc3ccccc3CN4)nc21. The van der Waals surface area contributed by atoms with Gasteiger partial charge in [0.15, 0.2) is 0 Å². The molecule has 1 spiro atoms. The van der Waals surface area contributed by atoms with Crippen LogP contribution in [-0.4, -0.2) is 52.7 Å². The molecule has 1 N–H and O–H groups in total. The summed E-state index contributed by atoms with van der Waals surface area (Å²) >= 11 is 0. The van der Waals surface area contributed by atoms with Crippen LogP contribution >= 0.6 is 0 Å². The number of benzene rings is 1. The molecule has 30 heavy (non-hydrogen) atoms. The zero-order valence-electron chi connectivity index (χ0n) is 18.1. The highest BCUT2D eigenvalue weighted by atomic mass is 16.5. The Balaban J connectivity index is 1.27. The first-order chi connectivity index (χ1) is 14.6. The zero-order valence-corrected chi connectivity index (χ0v) is 18.1. The number of nitrogens with one attached hydrogen (secondary N) is 1. The second-order valence-corrected chi connectivity index (χ2v) is 9.50. The van der Waals surface area contributed by atoms with Crippen molar-refractivity contribution in [3.05, 3.63) is 53.1 Å². The predicted molar refractivity (Wildman–Crippen MR) is 115 cm³/mol. The van der Waals surface area contributed by atoms with Crippen LogP contribution in [0.4, 0.5) is 0 Å². The molecule has 6 heteroatoms. The maximum absolute atomic E-state index is 13.2. The number of likely N-dealkylation sites (tertiary alicyclic amines) is 1. The van der Waals surface area contributed by atoms with Gasteiger partial charge in [0.1, 0.15) is 11.5 Å². The van der Waals surface area contributed by atoms with Gasteiger partial charge in [0.25, 0.3) is 5.91 Å². The molecule has 3 aliphatic rings. The fraction of sp³-hybridized carbons (Fsp3) is 0.583. The number of carbonyl (C=O) groups is 1. The number of aromatic nitrogens is 2. The van der Waals surface area contributed by atoms with Gasteiger partial charge in [-0.05, 0) is 42.7 Å². The lowest BCUT2D eigenvalue weighted by Crippen LogP contribution is -2.57. The van der Waals surface area contributed by atoms with E-state index >= 15 is 0 Å². The standard InChI is InChI=1S/C24H32N4O2/c1-17-11-20(16-30-2)22-26-21(15-28(22)14-17)23(29)27-9-7-24(8-10-27)12-18-5-3-4-6-19(18)13-25-24/h3-6,15,17,20,25H,7-14,16H2,1-2H3. The number of fused-ring (bicyclic) bond motifs is 2. The Morgan fingerprint density at radius 3 is 2.80 bits per heavy atom. The lowest BCUT2D eigenvalue weighted by atomic mass is 9.78. The van der Waals surface area contributed by atoms with E-state index in [2.05, 4.69) is 41.1 Å². The van der Waals surface area contributed by atoms with Crippen LogP contribution in [0.25, 0.3) is 0 Å². The number of hydrogen-bond acceptors (Lipinski definition) is 4. The molecule has 1 aromatic heterocycles. The van der Waals surface area contributed by atoms with Crippen molar-refractivity contribution in [2.75, 3.05) is 26.8 Å². The third kappa shape index (κ3) is 3.56. The smallest absolute Gasteiger partial charge is 0.274 e. The van der Waals surface area contributed by atoms with Crippen molar-refractivity contribution in [3.8, 4) is 0 Å². The van der Waals surface area contributed by atoms with E-state index in [4.69, 9.17) is 9.72 Å². The predicted octanol–water partition coefficient (Wildman–Crippen LogP) is 2.97. The molecule has 5 rings (SSSR count). The number of methoxy groups -OCH3 is 1. The minimum Gasteiger partial charge on any atom is -0.384 e. The second-order valence-electron chi connectivity index (χ2n) is 9.50. The third-order valence-electron chi connectivity index (χ3n) is 7.26. The largest absolute Gasteiger partial charge is 0.384 e. The first-order valence-corrected chi connectivity index (χ1v) is 11.2. The number of amides is 1. The van der Waals surface area contributed by atoms with Crippen LogP contribution in [0.15, 0.2) is 30.5 Å². The van der Waals surface area contributed by atoms with E-state index in [0.717, 1.165) is 57.7 Å². The Kier molecular flexibility index (Phi) is 5.15. The molecule has 1 amide bonds. The van der Waals surface area contributed by atoms with E-state index in [-0.39, 0.29) is 17.4 Å². The summed E-state index contributed by atoms with van der Waals surface area (Å²) in [7, 11) is 1.74. The number of nitrogens with zero attached hydrogens (tertiary/aromatic N) is 3. The van der Waals surface area contributed by atoms with Crippen LogP contribution in [0, 0.1) is 5.92 Å². The molecule has 2 unspecified atom stereocenters. The molecule has 4 heterocycles. The van der Waals surface area contributed by atoms with Crippen LogP contribution in [-0.2, 0) is 24.2 Å². The minimum atomic E-state index is 0.0757. The summed E-state index contributed by atoms with van der Waals surface area (Å²) in [5.41, 5.74) is 3.58. The fourth-order valence-corrected chi connectivity index (χ4v) is 5.62. The van der Waals surface area contributed by atoms with Crippen molar-refractivity contribution >= 4 is 5.91 Å². The fourth-order valence-electron chi connectivity index (χ4n) is 5.62. The van der Waals surface area contributed by atoms with E-state index in [1.54, 1.807) is 7.11 Å². The molecule has 0 aliphatic carbocycles. The van der Waals surface area contributed by atoms with Gasteiger partial charge in [0.2, 0.25) is 0 Å². The molecule has 1 saturated heterocycles. The number of piperidine rings is 1. The number of hydrogen-bond donors (Lipinski definition) is 1. The molecule has 1 fully saturated rings. The second kappa shape index (κ2) is 7.82. The number of carbonyl (C=O) groups excluding carboxylic acids is 1. The summed E-state index contributed by atoms with van der Waals surface area (Å²) in [4.78, 5) is 20.0. The Morgan fingerprint density at radius 1 is 1.27 bits per heavy atom. The number of ether oxygens (including phenoxy) is 1. The van der Waals surface area contributed by atoms with Crippen LogP contribution in [0.3, 0.4) is 0 Å². The average molecular weight is 409 g/mol. The van der Waals surface area contributed by atoms with Crippen LogP contribution < -0.4 is 5.32 Å². The van der Waals surface area contributed by atoms with Gasteiger partial charge in [0.05, 0.1) is 6.61 Å². The van der Waals surface area contributed by atoms with E-state index in [0.29, 0.717) is 18.2 Å². The van der Waals surface area contributed by atoms with Crippen molar-refractivity contribution in [1.82, 2.24) is 19.8 Å². The molecule has 1 aromatic carbocycles. The molecule has 0 saturated carbocycles. The number of rotatable bonds is 3. The van der Waals surface area contributed by atoms with E-state index in [9.17, 15) is 4.79 Å². The van der Waals surface area contributed by atoms with Gasteiger partial charge in [0, 0.05) is 50.9 Å². The summed E-state index contributed by atoms with van der Waals surface area (Å²) in [6, 6.07) is 8.71. The monoisotopic (exact) mass is 408 g/mol. The molecule has 0 radical (unpaired) electrons. The summed E-state index contributed by atoms with van der Waals surface area (Å²) in [5.74, 6) is 1.94. The van der Waals surface area contributed by atoms with Gasteiger partial charge in [-0.15, -0.1) is 0 Å². The van der Waals surface area contributed by atoms with Gasteiger partial charge in [-0.3, -0.25) is 4.79 Å². The Bertz CT molecular complexity index is 929. The van der Waals surface area contributed by atoms with Gasteiger partial charge in [-0.25, -0.2) is 4.98 Å². The topological polar surface area (TPSA) is 59.4 Å². The zero-order chi connectivity index (χ0) is 20.7. The molecule has 0 bridgehead atoms. The molecular formula is C24H32N4O2. The van der Waals surface area contributed by atoms with E-state index in [1.807, 2.05) is 11.1 Å². The normalized spacial score (nSPS) is 25.1. The van der Waals surface area contributed by atoms with Crippen LogP contribution in [0.1, 0.15) is 59.5 Å². The molecule has 2 atom stereocenters. The average Bonchev–Trinajstić information content (AvgIpc) is 3.18. The highest BCUT2D eigenvalue weighted by molar-refractivity contribution is 5.92. The first-order valence-electron chi connectivity index (χ1n) is 11.2. The van der Waals surface area contributed by atoms with Crippen molar-refractivity contribution in [3.63, 3.8) is 0 Å². The molecule has 6 nitrogen and oxygen atoms in total. The summed E-state index contributed by atoms with van der Waals surface area (Å²) in [6.07, 6.45) is 6.07. The Morgan fingerprint density at radius 2 is 2.03 bits per heavy atom. The van der Waals surface area contributed by atoms with Gasteiger partial charge in [-0.1, -0.05) is 31.2 Å². The van der Waals surface area contributed by atoms with Gasteiger partial charge < -0.3 is 19.5 Å². The van der Waals surface area contributed by atoms with Gasteiger partial charge >= 0.3 is 0 Å². The van der Waals surface area contributed by atoms with Gasteiger partial charge in [-0.2, -0.15) is 0 Å². The molecule has 160 valence electrons. The van der Waals surface area contributed by atoms with Crippen molar-refractivity contribution in [1.29, 1.82) is 0 Å². The number of imidazole rings is 1. The van der Waals surface area contributed by atoms with E-state index < -0.39 is 0 Å². The minimum absolute atomic E-state index is 0.0757.